The van der Waals surface area contributed by atoms with Crippen LogP contribution in [0.1, 0.15) is 57.1 Å². The molecule has 2 aliphatic rings. The average Bonchev–Trinajstić information content (AvgIpc) is 3.23. The van der Waals surface area contributed by atoms with Gasteiger partial charge in [-0.1, -0.05) is 0 Å². The van der Waals surface area contributed by atoms with Gasteiger partial charge in [0.05, 0.1) is 17.6 Å². The third-order valence-corrected chi connectivity index (χ3v) is 6.59. The summed E-state index contributed by atoms with van der Waals surface area (Å²) in [7, 11) is 1.82. The van der Waals surface area contributed by atoms with Crippen LogP contribution >= 0.6 is 0 Å². The van der Waals surface area contributed by atoms with E-state index in [1.54, 1.807) is 4.68 Å². The van der Waals surface area contributed by atoms with Crippen LogP contribution in [0.15, 0.2) is 12.1 Å². The van der Waals surface area contributed by atoms with Crippen LogP contribution in [0.3, 0.4) is 0 Å². The SMILES string of the molecule is Cc1[nH]nc2c(C)cc(C(=O)N3CCC4(CC3)CC(=O)c3nn(C)c(C)c3O4)cc12. The van der Waals surface area contributed by atoms with Gasteiger partial charge in [-0.05, 0) is 38.5 Å². The van der Waals surface area contributed by atoms with Gasteiger partial charge in [0.1, 0.15) is 5.60 Å². The molecule has 0 radical (unpaired) electrons. The second-order valence-corrected chi connectivity index (χ2v) is 8.60. The van der Waals surface area contributed by atoms with Crippen molar-refractivity contribution in [2.75, 3.05) is 13.1 Å². The molecule has 8 heteroatoms. The van der Waals surface area contributed by atoms with E-state index in [4.69, 9.17) is 4.74 Å². The van der Waals surface area contributed by atoms with E-state index in [0.717, 1.165) is 27.9 Å². The van der Waals surface area contributed by atoms with Gasteiger partial charge in [0.2, 0.25) is 0 Å². The van der Waals surface area contributed by atoms with Crippen molar-refractivity contribution in [3.05, 3.63) is 40.3 Å². The molecule has 0 unspecified atom stereocenters. The van der Waals surface area contributed by atoms with Gasteiger partial charge in [-0.2, -0.15) is 10.2 Å². The number of rotatable bonds is 1. The topological polar surface area (TPSA) is 93.1 Å². The van der Waals surface area contributed by atoms with E-state index < -0.39 is 5.60 Å². The van der Waals surface area contributed by atoms with Crippen molar-refractivity contribution in [3.8, 4) is 5.75 Å². The smallest absolute Gasteiger partial charge is 0.253 e. The fourth-order valence-corrected chi connectivity index (χ4v) is 4.64. The monoisotopic (exact) mass is 407 g/mol. The maximum atomic E-state index is 13.2. The highest BCUT2D eigenvalue weighted by atomic mass is 16.5. The van der Waals surface area contributed by atoms with Crippen molar-refractivity contribution in [1.29, 1.82) is 0 Å². The van der Waals surface area contributed by atoms with Crippen molar-refractivity contribution in [3.63, 3.8) is 0 Å². The number of nitrogens with zero attached hydrogens (tertiary/aromatic N) is 4. The minimum absolute atomic E-state index is 0.0100. The summed E-state index contributed by atoms with van der Waals surface area (Å²) in [4.78, 5) is 27.7. The number of amides is 1. The number of ether oxygens (including phenoxy) is 1. The molecule has 4 heterocycles. The van der Waals surface area contributed by atoms with E-state index in [2.05, 4.69) is 15.3 Å². The number of benzene rings is 1. The first kappa shape index (κ1) is 18.8. The van der Waals surface area contributed by atoms with Crippen LogP contribution in [-0.2, 0) is 7.05 Å². The number of nitrogens with one attached hydrogen (secondary N) is 1. The van der Waals surface area contributed by atoms with Gasteiger partial charge < -0.3 is 9.64 Å². The van der Waals surface area contributed by atoms with Crippen molar-refractivity contribution >= 4 is 22.6 Å². The van der Waals surface area contributed by atoms with Gasteiger partial charge in [0.15, 0.2) is 17.2 Å². The molecule has 5 rings (SSSR count). The number of Topliss-reactive ketones (excluding diaryl/α,β-unsaturated/α-hetero) is 1. The molecular weight excluding hydrogens is 382 g/mol. The Morgan fingerprint density at radius 3 is 2.67 bits per heavy atom. The van der Waals surface area contributed by atoms with Crippen LogP contribution in [-0.4, -0.2) is 55.3 Å². The molecule has 1 aromatic carbocycles. The predicted molar refractivity (Wildman–Crippen MR) is 111 cm³/mol. The number of carbonyl (C=O) groups excluding carboxylic acids is 2. The van der Waals surface area contributed by atoms with Crippen molar-refractivity contribution in [2.24, 2.45) is 7.05 Å². The van der Waals surface area contributed by atoms with Gasteiger partial charge in [-0.15, -0.1) is 0 Å². The zero-order chi connectivity index (χ0) is 21.2. The largest absolute Gasteiger partial charge is 0.482 e. The lowest BCUT2D eigenvalue weighted by atomic mass is 9.83. The first-order chi connectivity index (χ1) is 14.3. The summed E-state index contributed by atoms with van der Waals surface area (Å²) in [6.07, 6.45) is 1.58. The lowest BCUT2D eigenvalue weighted by molar-refractivity contribution is -0.00627. The Morgan fingerprint density at radius 1 is 1.20 bits per heavy atom. The summed E-state index contributed by atoms with van der Waals surface area (Å²) in [6.45, 7) is 6.96. The molecule has 0 aliphatic carbocycles. The number of H-pyrrole nitrogens is 1. The first-order valence-corrected chi connectivity index (χ1v) is 10.3. The number of likely N-dealkylation sites (tertiary alicyclic amines) is 1. The Hall–Kier alpha value is -3.16. The molecule has 2 aromatic heterocycles. The minimum Gasteiger partial charge on any atom is -0.482 e. The molecule has 1 amide bonds. The van der Waals surface area contributed by atoms with Gasteiger partial charge in [-0.3, -0.25) is 19.4 Å². The van der Waals surface area contributed by atoms with Crippen molar-refractivity contribution in [2.45, 2.75) is 45.6 Å². The summed E-state index contributed by atoms with van der Waals surface area (Å²) in [5.74, 6) is 0.636. The highest BCUT2D eigenvalue weighted by Gasteiger charge is 2.45. The molecule has 30 heavy (non-hydrogen) atoms. The number of aromatic amines is 1. The normalized spacial score (nSPS) is 18.0. The number of carbonyl (C=O) groups is 2. The van der Waals surface area contributed by atoms with E-state index in [0.29, 0.717) is 49.4 Å². The van der Waals surface area contributed by atoms with E-state index >= 15 is 0 Å². The summed E-state index contributed by atoms with van der Waals surface area (Å²) in [5, 5.41) is 12.6. The summed E-state index contributed by atoms with van der Waals surface area (Å²) in [5.41, 5.74) is 4.25. The highest BCUT2D eigenvalue weighted by molar-refractivity contribution is 6.00. The third kappa shape index (κ3) is 2.74. The molecule has 8 nitrogen and oxygen atoms in total. The molecular formula is C22H25N5O3. The fourth-order valence-electron chi connectivity index (χ4n) is 4.64. The Labute approximate surface area is 174 Å². The van der Waals surface area contributed by atoms with E-state index in [1.165, 1.54) is 0 Å². The van der Waals surface area contributed by atoms with Gasteiger partial charge in [-0.25, -0.2) is 0 Å². The lowest BCUT2D eigenvalue weighted by Gasteiger charge is -2.43. The predicted octanol–water partition coefficient (Wildman–Crippen LogP) is 2.86. The van der Waals surface area contributed by atoms with E-state index in [1.807, 2.05) is 44.9 Å². The van der Waals surface area contributed by atoms with Crippen LogP contribution in [0.25, 0.3) is 10.9 Å². The maximum absolute atomic E-state index is 13.2. The van der Waals surface area contributed by atoms with Crippen LogP contribution < -0.4 is 4.74 Å². The molecule has 1 saturated heterocycles. The second-order valence-electron chi connectivity index (χ2n) is 8.60. The number of aromatic nitrogens is 4. The van der Waals surface area contributed by atoms with Gasteiger partial charge in [0.25, 0.3) is 5.91 Å². The van der Waals surface area contributed by atoms with E-state index in [-0.39, 0.29) is 11.7 Å². The molecule has 0 atom stereocenters. The molecule has 1 spiro atoms. The van der Waals surface area contributed by atoms with Crippen molar-refractivity contribution < 1.29 is 14.3 Å². The molecule has 1 fully saturated rings. The standard InChI is InChI=1S/C22H25N5O3/c1-12-9-15(10-16-13(2)23-24-18(12)16)21(29)27-7-5-22(6-8-27)11-17(28)19-20(30-22)14(3)26(4)25-19/h9-10H,5-8,11H2,1-4H3,(H,23,24). The maximum Gasteiger partial charge on any atom is 0.253 e. The second kappa shape index (κ2) is 6.42. The molecule has 1 N–H and O–H groups in total. The van der Waals surface area contributed by atoms with Crippen LogP contribution in [0.5, 0.6) is 5.75 Å². The molecule has 2 aliphatic heterocycles. The average molecular weight is 407 g/mol. The molecule has 3 aromatic rings. The van der Waals surface area contributed by atoms with Crippen LogP contribution in [0.2, 0.25) is 0 Å². The Morgan fingerprint density at radius 2 is 1.93 bits per heavy atom. The summed E-state index contributed by atoms with van der Waals surface area (Å²) in [6, 6.07) is 3.82. The van der Waals surface area contributed by atoms with Gasteiger partial charge >= 0.3 is 0 Å². The Kier molecular flexibility index (Phi) is 4.03. The number of hydrogen-bond donors (Lipinski definition) is 1. The number of fused-ring (bicyclic) bond motifs is 2. The quantitative estimate of drug-likeness (QED) is 0.670. The molecule has 156 valence electrons. The Bertz CT molecular complexity index is 1200. The zero-order valence-corrected chi connectivity index (χ0v) is 17.7. The summed E-state index contributed by atoms with van der Waals surface area (Å²) < 4.78 is 8.03. The number of ketones is 1. The zero-order valence-electron chi connectivity index (χ0n) is 17.7. The number of piperidine rings is 1. The van der Waals surface area contributed by atoms with E-state index in [9.17, 15) is 9.59 Å². The third-order valence-electron chi connectivity index (χ3n) is 6.59. The minimum atomic E-state index is -0.546. The van der Waals surface area contributed by atoms with Gasteiger partial charge in [0, 0.05) is 49.6 Å². The number of hydrogen-bond acceptors (Lipinski definition) is 5. The lowest BCUT2D eigenvalue weighted by Crippen LogP contribution is -2.52. The molecule has 0 saturated carbocycles. The van der Waals surface area contributed by atoms with Crippen molar-refractivity contribution in [1.82, 2.24) is 24.9 Å². The summed E-state index contributed by atoms with van der Waals surface area (Å²) >= 11 is 0. The highest BCUT2D eigenvalue weighted by Crippen LogP contribution is 2.40. The number of aryl methyl sites for hydroxylation is 3. The Balaban J connectivity index is 1.36. The first-order valence-electron chi connectivity index (χ1n) is 10.3. The van der Waals surface area contributed by atoms with Crippen LogP contribution in [0, 0.1) is 20.8 Å². The fraction of sp³-hybridized carbons (Fsp3) is 0.455. The molecule has 0 bridgehead atoms. The van der Waals surface area contributed by atoms with Crippen LogP contribution in [0.4, 0.5) is 0 Å².